The van der Waals surface area contributed by atoms with Crippen LogP contribution in [-0.2, 0) is 0 Å². The van der Waals surface area contributed by atoms with E-state index in [0.29, 0.717) is 0 Å². The first-order chi connectivity index (χ1) is 10.7. The van der Waals surface area contributed by atoms with Gasteiger partial charge in [-0.15, -0.1) is 0 Å². The number of halogens is 1. The van der Waals surface area contributed by atoms with Crippen molar-refractivity contribution in [2.75, 3.05) is 18.0 Å². The molecule has 2 aromatic carbocycles. The molecule has 114 valence electrons. The summed E-state index contributed by atoms with van der Waals surface area (Å²) in [6.45, 7) is 4.45. The van der Waals surface area contributed by atoms with Gasteiger partial charge in [0.1, 0.15) is 0 Å². The standard InChI is InChI=1S/C19H21BrN2/c1-15-5-10-19(18(20)13-15)21-14-16-6-8-17(9-7-16)22-11-3-2-4-12-22/h5-10,13-14H,2-4,11-12H2,1H3. The molecule has 1 aliphatic heterocycles. The van der Waals surface area contributed by atoms with Crippen molar-refractivity contribution in [2.45, 2.75) is 26.2 Å². The van der Waals surface area contributed by atoms with E-state index in [1.165, 1.54) is 43.6 Å². The molecule has 1 aliphatic rings. The van der Waals surface area contributed by atoms with Gasteiger partial charge in [0.05, 0.1) is 5.69 Å². The fourth-order valence-corrected chi connectivity index (χ4v) is 3.38. The Bertz CT molecular complexity index is 656. The Morgan fingerprint density at radius 1 is 1.00 bits per heavy atom. The van der Waals surface area contributed by atoms with Gasteiger partial charge in [0, 0.05) is 29.5 Å². The van der Waals surface area contributed by atoms with Crippen LogP contribution >= 0.6 is 15.9 Å². The van der Waals surface area contributed by atoms with Gasteiger partial charge in [-0.2, -0.15) is 0 Å². The minimum absolute atomic E-state index is 0.964. The van der Waals surface area contributed by atoms with Gasteiger partial charge in [0.2, 0.25) is 0 Å². The number of piperidine rings is 1. The van der Waals surface area contributed by atoms with Crippen molar-refractivity contribution in [3.63, 3.8) is 0 Å². The number of rotatable bonds is 3. The maximum Gasteiger partial charge on any atom is 0.0772 e. The molecule has 0 aromatic heterocycles. The Kier molecular flexibility index (Phi) is 4.94. The predicted octanol–water partition coefficient (Wildman–Crippen LogP) is 5.50. The second-order valence-corrected chi connectivity index (χ2v) is 6.71. The molecule has 3 rings (SSSR count). The third-order valence-corrected chi connectivity index (χ3v) is 4.71. The minimum atomic E-state index is 0.964. The van der Waals surface area contributed by atoms with E-state index in [0.717, 1.165) is 15.7 Å². The van der Waals surface area contributed by atoms with Crippen molar-refractivity contribution in [3.8, 4) is 0 Å². The summed E-state index contributed by atoms with van der Waals surface area (Å²) in [7, 11) is 0. The van der Waals surface area contributed by atoms with Crippen molar-refractivity contribution in [1.29, 1.82) is 0 Å². The number of aryl methyl sites for hydroxylation is 1. The summed E-state index contributed by atoms with van der Waals surface area (Å²) in [6.07, 6.45) is 5.91. The van der Waals surface area contributed by atoms with Crippen LogP contribution in [0.3, 0.4) is 0 Å². The fraction of sp³-hybridized carbons (Fsp3) is 0.316. The van der Waals surface area contributed by atoms with Gasteiger partial charge in [0.25, 0.3) is 0 Å². The van der Waals surface area contributed by atoms with Crippen LogP contribution in [0.5, 0.6) is 0 Å². The van der Waals surface area contributed by atoms with Crippen LogP contribution in [0.25, 0.3) is 0 Å². The lowest BCUT2D eigenvalue weighted by atomic mass is 10.1. The van der Waals surface area contributed by atoms with Gasteiger partial charge in [-0.3, -0.25) is 4.99 Å². The van der Waals surface area contributed by atoms with Crippen LogP contribution in [0.4, 0.5) is 11.4 Å². The molecule has 0 atom stereocenters. The van der Waals surface area contributed by atoms with E-state index in [2.05, 4.69) is 69.1 Å². The van der Waals surface area contributed by atoms with Gasteiger partial charge in [-0.05, 0) is 77.5 Å². The summed E-state index contributed by atoms with van der Waals surface area (Å²) in [6, 6.07) is 14.9. The highest BCUT2D eigenvalue weighted by Crippen LogP contribution is 2.26. The Morgan fingerprint density at radius 2 is 1.73 bits per heavy atom. The molecule has 0 saturated carbocycles. The summed E-state index contributed by atoms with van der Waals surface area (Å²) in [5.41, 5.74) is 4.66. The topological polar surface area (TPSA) is 15.6 Å². The van der Waals surface area contributed by atoms with Gasteiger partial charge >= 0.3 is 0 Å². The lowest BCUT2D eigenvalue weighted by Crippen LogP contribution is -2.29. The molecule has 0 spiro atoms. The van der Waals surface area contributed by atoms with Crippen molar-refractivity contribution in [1.82, 2.24) is 0 Å². The third kappa shape index (κ3) is 3.77. The van der Waals surface area contributed by atoms with E-state index in [1.807, 2.05) is 12.3 Å². The van der Waals surface area contributed by atoms with Crippen LogP contribution in [0.15, 0.2) is 51.9 Å². The minimum Gasteiger partial charge on any atom is -0.372 e. The molecular weight excluding hydrogens is 336 g/mol. The van der Waals surface area contributed by atoms with Gasteiger partial charge in [-0.1, -0.05) is 18.2 Å². The summed E-state index contributed by atoms with van der Waals surface area (Å²) in [5.74, 6) is 0. The number of hydrogen-bond donors (Lipinski definition) is 0. The number of hydrogen-bond acceptors (Lipinski definition) is 2. The quantitative estimate of drug-likeness (QED) is 0.663. The number of nitrogens with zero attached hydrogens (tertiary/aromatic N) is 2. The zero-order valence-corrected chi connectivity index (χ0v) is 14.5. The highest BCUT2D eigenvalue weighted by molar-refractivity contribution is 9.10. The number of aliphatic imine (C=N–C) groups is 1. The van der Waals surface area contributed by atoms with E-state index < -0.39 is 0 Å². The number of benzene rings is 2. The highest BCUT2D eigenvalue weighted by atomic mass is 79.9. The second-order valence-electron chi connectivity index (χ2n) is 5.85. The zero-order valence-electron chi connectivity index (χ0n) is 12.9. The monoisotopic (exact) mass is 356 g/mol. The van der Waals surface area contributed by atoms with Crippen LogP contribution in [0.2, 0.25) is 0 Å². The van der Waals surface area contributed by atoms with Crippen LogP contribution in [-0.4, -0.2) is 19.3 Å². The first kappa shape index (κ1) is 15.3. The molecule has 2 nitrogen and oxygen atoms in total. The fourth-order valence-electron chi connectivity index (χ4n) is 2.78. The average Bonchev–Trinajstić information content (AvgIpc) is 2.55. The van der Waals surface area contributed by atoms with Crippen LogP contribution < -0.4 is 4.90 Å². The Labute approximate surface area is 141 Å². The Hall–Kier alpha value is -1.61. The molecule has 0 aliphatic carbocycles. The van der Waals surface area contributed by atoms with Gasteiger partial charge < -0.3 is 4.90 Å². The van der Waals surface area contributed by atoms with Crippen molar-refractivity contribution >= 4 is 33.5 Å². The molecular formula is C19H21BrN2. The summed E-state index contributed by atoms with van der Waals surface area (Å²) < 4.78 is 1.04. The largest absolute Gasteiger partial charge is 0.372 e. The lowest BCUT2D eigenvalue weighted by Gasteiger charge is -2.28. The molecule has 0 unspecified atom stereocenters. The SMILES string of the molecule is Cc1ccc(N=Cc2ccc(N3CCCCC3)cc2)c(Br)c1. The van der Waals surface area contributed by atoms with E-state index >= 15 is 0 Å². The molecule has 22 heavy (non-hydrogen) atoms. The maximum atomic E-state index is 4.57. The van der Waals surface area contributed by atoms with Crippen LogP contribution in [0.1, 0.15) is 30.4 Å². The molecule has 1 saturated heterocycles. The molecule has 2 aromatic rings. The van der Waals surface area contributed by atoms with E-state index in [1.54, 1.807) is 0 Å². The van der Waals surface area contributed by atoms with E-state index in [4.69, 9.17) is 0 Å². The summed E-state index contributed by atoms with van der Waals surface area (Å²) >= 11 is 3.56. The van der Waals surface area contributed by atoms with E-state index in [-0.39, 0.29) is 0 Å². The Balaban J connectivity index is 1.71. The number of anilines is 1. The maximum absolute atomic E-state index is 4.57. The summed E-state index contributed by atoms with van der Waals surface area (Å²) in [4.78, 5) is 7.05. The summed E-state index contributed by atoms with van der Waals surface area (Å²) in [5, 5.41) is 0. The molecule has 0 bridgehead atoms. The third-order valence-electron chi connectivity index (χ3n) is 4.07. The molecule has 3 heteroatoms. The highest BCUT2D eigenvalue weighted by Gasteiger charge is 2.10. The van der Waals surface area contributed by atoms with Gasteiger partial charge in [0.15, 0.2) is 0 Å². The predicted molar refractivity (Wildman–Crippen MR) is 98.6 cm³/mol. The molecule has 0 amide bonds. The van der Waals surface area contributed by atoms with Gasteiger partial charge in [-0.25, -0.2) is 0 Å². The first-order valence-electron chi connectivity index (χ1n) is 7.87. The van der Waals surface area contributed by atoms with Crippen molar-refractivity contribution < 1.29 is 0 Å². The Morgan fingerprint density at radius 3 is 2.41 bits per heavy atom. The molecule has 0 radical (unpaired) electrons. The van der Waals surface area contributed by atoms with Crippen molar-refractivity contribution in [3.05, 3.63) is 58.1 Å². The second kappa shape index (κ2) is 7.10. The van der Waals surface area contributed by atoms with E-state index in [9.17, 15) is 0 Å². The molecule has 0 N–H and O–H groups in total. The van der Waals surface area contributed by atoms with Crippen molar-refractivity contribution in [2.24, 2.45) is 4.99 Å². The molecule has 1 heterocycles. The first-order valence-corrected chi connectivity index (χ1v) is 8.67. The van der Waals surface area contributed by atoms with Crippen LogP contribution in [0, 0.1) is 6.92 Å². The zero-order chi connectivity index (χ0) is 15.4. The molecule has 1 fully saturated rings. The average molecular weight is 357 g/mol. The lowest BCUT2D eigenvalue weighted by molar-refractivity contribution is 0.578. The normalized spacial score (nSPS) is 15.5. The smallest absolute Gasteiger partial charge is 0.0772 e.